The van der Waals surface area contributed by atoms with Crippen LogP contribution in [0.4, 0.5) is 11.4 Å². The molecule has 208 valence electrons. The number of para-hydroxylation sites is 1. The van der Waals surface area contributed by atoms with E-state index in [1.165, 1.54) is 0 Å². The average Bonchev–Trinajstić information content (AvgIpc) is 2.98. The van der Waals surface area contributed by atoms with Crippen molar-refractivity contribution in [3.63, 3.8) is 0 Å². The van der Waals surface area contributed by atoms with Crippen LogP contribution in [-0.4, -0.2) is 17.6 Å². The van der Waals surface area contributed by atoms with Crippen molar-refractivity contribution in [3.05, 3.63) is 126 Å². The van der Waals surface area contributed by atoms with Gasteiger partial charge in [0.2, 0.25) is 0 Å². The third-order valence-corrected chi connectivity index (χ3v) is 7.62. The Morgan fingerprint density at radius 3 is 2.20 bits per heavy atom. The van der Waals surface area contributed by atoms with Crippen molar-refractivity contribution in [1.82, 2.24) is 5.32 Å². The molecule has 1 unspecified atom stereocenters. The van der Waals surface area contributed by atoms with E-state index in [0.717, 1.165) is 45.1 Å². The minimum absolute atomic E-state index is 0.168. The summed E-state index contributed by atoms with van der Waals surface area (Å²) in [4.78, 5) is 16.1. The first-order chi connectivity index (χ1) is 19.9. The summed E-state index contributed by atoms with van der Waals surface area (Å²) >= 11 is 5.89. The number of anilines is 2. The second kappa shape index (κ2) is 12.4. The third kappa shape index (κ3) is 6.03. The van der Waals surface area contributed by atoms with Crippen molar-refractivity contribution >= 4 is 34.6 Å². The molecule has 0 aliphatic carbocycles. The average molecular weight is 562 g/mol. The number of thiocarbonyl (C=S) groups is 1. The van der Waals surface area contributed by atoms with Gasteiger partial charge in [0, 0.05) is 17.1 Å². The summed E-state index contributed by atoms with van der Waals surface area (Å²) in [7, 11) is 0. The van der Waals surface area contributed by atoms with Crippen LogP contribution in [0.3, 0.4) is 0 Å². The minimum Gasteiger partial charge on any atom is -0.494 e. The lowest BCUT2D eigenvalue weighted by atomic mass is 9.92. The molecule has 2 N–H and O–H groups in total. The van der Waals surface area contributed by atoms with Crippen LogP contribution in [0, 0.1) is 0 Å². The van der Waals surface area contributed by atoms with Crippen LogP contribution in [-0.2, 0) is 4.79 Å². The second-order valence-electron chi connectivity index (χ2n) is 10.3. The van der Waals surface area contributed by atoms with E-state index in [1.54, 1.807) is 0 Å². The monoisotopic (exact) mass is 561 g/mol. The van der Waals surface area contributed by atoms with Gasteiger partial charge < -0.3 is 15.4 Å². The zero-order chi connectivity index (χ0) is 28.9. The van der Waals surface area contributed by atoms with Crippen LogP contribution in [0.2, 0.25) is 0 Å². The molecule has 1 atom stereocenters. The maximum Gasteiger partial charge on any atom is 0.255 e. The van der Waals surface area contributed by atoms with E-state index in [9.17, 15) is 4.79 Å². The highest BCUT2D eigenvalue weighted by molar-refractivity contribution is 7.80. The zero-order valence-corrected chi connectivity index (χ0v) is 24.7. The van der Waals surface area contributed by atoms with Gasteiger partial charge in [-0.05, 0) is 84.6 Å². The van der Waals surface area contributed by atoms with E-state index in [4.69, 9.17) is 17.0 Å². The number of hydrogen-bond donors (Lipinski definition) is 2. The Bertz CT molecular complexity index is 1560. The first-order valence-corrected chi connectivity index (χ1v) is 14.4. The van der Waals surface area contributed by atoms with Gasteiger partial charge >= 0.3 is 0 Å². The number of carbonyl (C=O) groups excluding carboxylic acids is 1. The Balaban J connectivity index is 1.56. The molecule has 0 bridgehead atoms. The van der Waals surface area contributed by atoms with Gasteiger partial charge in [-0.3, -0.25) is 9.69 Å². The van der Waals surface area contributed by atoms with E-state index in [1.807, 2.05) is 79.4 Å². The molecule has 1 heterocycles. The number of benzene rings is 4. The Morgan fingerprint density at radius 2 is 1.54 bits per heavy atom. The molecule has 5 nitrogen and oxygen atoms in total. The number of nitrogens with one attached hydrogen (secondary N) is 2. The van der Waals surface area contributed by atoms with Crippen molar-refractivity contribution in [2.75, 3.05) is 16.8 Å². The van der Waals surface area contributed by atoms with Crippen LogP contribution in [0.1, 0.15) is 50.8 Å². The Morgan fingerprint density at radius 1 is 0.902 bits per heavy atom. The number of allylic oxidation sites excluding steroid dienone is 1. The standard InChI is InChI=1S/C35H35N3O2S/c1-5-40-29-21-19-28(20-22-29)38-24(4)32(34(39)36-31-14-10-9-13-30(31)23(2)3)33(37-35(38)41)27-17-15-26(16-18-27)25-11-7-6-8-12-25/h6-23,33H,5H2,1-4H3,(H,36,39)(H,37,41). The van der Waals surface area contributed by atoms with Gasteiger partial charge in [-0.1, -0.05) is 86.6 Å². The molecular formula is C35H35N3O2S. The van der Waals surface area contributed by atoms with Gasteiger partial charge in [0.15, 0.2) is 5.11 Å². The van der Waals surface area contributed by atoms with Crippen molar-refractivity contribution in [2.45, 2.75) is 39.7 Å². The molecule has 6 heteroatoms. The van der Waals surface area contributed by atoms with Crippen LogP contribution < -0.4 is 20.3 Å². The van der Waals surface area contributed by atoms with Crippen LogP contribution in [0.5, 0.6) is 5.75 Å². The minimum atomic E-state index is -0.419. The summed E-state index contributed by atoms with van der Waals surface area (Å²) < 4.78 is 5.63. The van der Waals surface area contributed by atoms with E-state index in [0.29, 0.717) is 17.3 Å². The molecule has 0 radical (unpaired) electrons. The fourth-order valence-corrected chi connectivity index (χ4v) is 5.62. The number of rotatable bonds is 8. The molecule has 1 amide bonds. The van der Waals surface area contributed by atoms with Gasteiger partial charge in [0.05, 0.1) is 18.2 Å². The predicted molar refractivity (Wildman–Crippen MR) is 172 cm³/mol. The largest absolute Gasteiger partial charge is 0.494 e. The highest BCUT2D eigenvalue weighted by atomic mass is 32.1. The SMILES string of the molecule is CCOc1ccc(N2C(=S)NC(c3ccc(-c4ccccc4)cc3)C(C(=O)Nc3ccccc3C(C)C)=C2C)cc1. The first-order valence-electron chi connectivity index (χ1n) is 14.0. The molecule has 0 saturated heterocycles. The van der Waals surface area contributed by atoms with Gasteiger partial charge in [0.25, 0.3) is 5.91 Å². The normalized spacial score (nSPS) is 15.1. The number of ether oxygens (including phenoxy) is 1. The molecular weight excluding hydrogens is 526 g/mol. The van der Waals surface area contributed by atoms with Gasteiger partial charge in [-0.2, -0.15) is 0 Å². The maximum absolute atomic E-state index is 14.1. The number of amides is 1. The van der Waals surface area contributed by atoms with Gasteiger partial charge in [-0.25, -0.2) is 0 Å². The topological polar surface area (TPSA) is 53.6 Å². The lowest BCUT2D eigenvalue weighted by molar-refractivity contribution is -0.113. The number of hydrogen-bond acceptors (Lipinski definition) is 3. The highest BCUT2D eigenvalue weighted by Crippen LogP contribution is 2.36. The smallest absolute Gasteiger partial charge is 0.255 e. The molecule has 4 aromatic rings. The van der Waals surface area contributed by atoms with Gasteiger partial charge in [0.1, 0.15) is 5.75 Å². The lowest BCUT2D eigenvalue weighted by Gasteiger charge is -2.38. The van der Waals surface area contributed by atoms with E-state index < -0.39 is 6.04 Å². The molecule has 0 aromatic heterocycles. The summed E-state index contributed by atoms with van der Waals surface area (Å²) in [6.07, 6.45) is 0. The maximum atomic E-state index is 14.1. The fraction of sp³-hybridized carbons (Fsp3) is 0.200. The second-order valence-corrected chi connectivity index (χ2v) is 10.7. The van der Waals surface area contributed by atoms with Crippen molar-refractivity contribution in [3.8, 4) is 16.9 Å². The third-order valence-electron chi connectivity index (χ3n) is 7.32. The van der Waals surface area contributed by atoms with Crippen molar-refractivity contribution in [2.24, 2.45) is 0 Å². The van der Waals surface area contributed by atoms with Crippen molar-refractivity contribution < 1.29 is 9.53 Å². The molecule has 0 saturated carbocycles. The lowest BCUT2D eigenvalue weighted by Crippen LogP contribution is -2.48. The number of carbonyl (C=O) groups is 1. The number of nitrogens with zero attached hydrogens (tertiary/aromatic N) is 1. The van der Waals surface area contributed by atoms with Gasteiger partial charge in [-0.15, -0.1) is 0 Å². The Kier molecular flexibility index (Phi) is 8.50. The summed E-state index contributed by atoms with van der Waals surface area (Å²) in [5.41, 5.74) is 7.35. The summed E-state index contributed by atoms with van der Waals surface area (Å²) in [6, 6.07) is 33.9. The summed E-state index contributed by atoms with van der Waals surface area (Å²) in [5, 5.41) is 7.22. The van der Waals surface area contributed by atoms with E-state index in [2.05, 4.69) is 66.9 Å². The van der Waals surface area contributed by atoms with Crippen molar-refractivity contribution in [1.29, 1.82) is 0 Å². The highest BCUT2D eigenvalue weighted by Gasteiger charge is 2.35. The Hall–Kier alpha value is -4.42. The van der Waals surface area contributed by atoms with Crippen LogP contribution in [0.15, 0.2) is 114 Å². The zero-order valence-electron chi connectivity index (χ0n) is 23.8. The van der Waals surface area contributed by atoms with E-state index >= 15 is 0 Å². The molecule has 1 aliphatic rings. The summed E-state index contributed by atoms with van der Waals surface area (Å²) in [6.45, 7) is 8.76. The fourth-order valence-electron chi connectivity index (χ4n) is 5.26. The molecule has 4 aromatic carbocycles. The molecule has 0 spiro atoms. The molecule has 1 aliphatic heterocycles. The summed E-state index contributed by atoms with van der Waals surface area (Å²) in [5.74, 6) is 0.882. The predicted octanol–water partition coefficient (Wildman–Crippen LogP) is 8.22. The molecule has 0 fully saturated rings. The van der Waals surface area contributed by atoms with Crippen LogP contribution in [0.25, 0.3) is 11.1 Å². The quantitative estimate of drug-likeness (QED) is 0.212. The first kappa shape index (κ1) is 28.1. The molecule has 41 heavy (non-hydrogen) atoms. The van der Waals surface area contributed by atoms with E-state index in [-0.39, 0.29) is 11.8 Å². The molecule has 5 rings (SSSR count). The Labute approximate surface area is 247 Å². The van der Waals surface area contributed by atoms with Crippen LogP contribution >= 0.6 is 12.2 Å².